The predicted octanol–water partition coefficient (Wildman–Crippen LogP) is 1.61. The van der Waals surface area contributed by atoms with Gasteiger partial charge >= 0.3 is 5.97 Å². The molecule has 17 heavy (non-hydrogen) atoms. The summed E-state index contributed by atoms with van der Waals surface area (Å²) in [6, 6.07) is 5.00. The van der Waals surface area contributed by atoms with E-state index < -0.39 is 18.2 Å². The van der Waals surface area contributed by atoms with E-state index in [-0.39, 0.29) is 6.42 Å². The average Bonchev–Trinajstić information content (AvgIpc) is 2.26. The van der Waals surface area contributed by atoms with Gasteiger partial charge in [0.25, 0.3) is 0 Å². The maximum Gasteiger partial charge on any atom is 0.308 e. The summed E-state index contributed by atoms with van der Waals surface area (Å²) in [5.41, 5.74) is 1.35. The Bertz CT molecular complexity index is 385. The molecule has 0 amide bonds. The Kier molecular flexibility index (Phi) is 4.93. The average molecular weight is 259 g/mol. The lowest BCUT2D eigenvalue weighted by Crippen LogP contribution is -2.22. The number of carbonyl (C=O) groups is 1. The first kappa shape index (κ1) is 14.0. The summed E-state index contributed by atoms with van der Waals surface area (Å²) in [5, 5.41) is 20.0. The lowest BCUT2D eigenvalue weighted by atomic mass is 10.0. The molecule has 0 aliphatic heterocycles. The van der Waals surface area contributed by atoms with Gasteiger partial charge in [-0.25, -0.2) is 0 Å². The summed E-state index contributed by atoms with van der Waals surface area (Å²) in [5.74, 6) is -0.574. The molecule has 1 aromatic carbocycles. The maximum atomic E-state index is 11.0. The highest BCUT2D eigenvalue weighted by molar-refractivity contribution is 6.30. The molecular formula is C12H15ClO4. The van der Waals surface area contributed by atoms with Gasteiger partial charge in [0.15, 0.2) is 0 Å². The lowest BCUT2D eigenvalue weighted by molar-refractivity contribution is -0.144. The van der Waals surface area contributed by atoms with Crippen molar-refractivity contribution in [3.05, 3.63) is 34.3 Å². The molecule has 0 spiro atoms. The second kappa shape index (κ2) is 6.00. The van der Waals surface area contributed by atoms with E-state index in [1.165, 1.54) is 7.11 Å². The van der Waals surface area contributed by atoms with Crippen LogP contribution < -0.4 is 0 Å². The molecule has 1 rings (SSSR count). The number of benzene rings is 1. The van der Waals surface area contributed by atoms with Crippen molar-refractivity contribution in [1.29, 1.82) is 0 Å². The molecule has 0 saturated heterocycles. The van der Waals surface area contributed by atoms with Crippen LogP contribution in [-0.2, 0) is 9.53 Å². The van der Waals surface area contributed by atoms with Crippen molar-refractivity contribution in [3.8, 4) is 0 Å². The zero-order chi connectivity index (χ0) is 13.0. The fourth-order valence-electron chi connectivity index (χ4n) is 1.52. The smallest absolute Gasteiger partial charge is 0.308 e. The van der Waals surface area contributed by atoms with Gasteiger partial charge in [0, 0.05) is 5.02 Å². The van der Waals surface area contributed by atoms with Crippen LogP contribution in [0.4, 0.5) is 0 Å². The summed E-state index contributed by atoms with van der Waals surface area (Å²) in [6.07, 6.45) is -2.63. The number of rotatable bonds is 4. The van der Waals surface area contributed by atoms with Crippen LogP contribution in [0.15, 0.2) is 18.2 Å². The lowest BCUT2D eigenvalue weighted by Gasteiger charge is -2.17. The third-order valence-electron chi connectivity index (χ3n) is 2.37. The second-order valence-corrected chi connectivity index (χ2v) is 4.29. The fourth-order valence-corrected chi connectivity index (χ4v) is 1.82. The second-order valence-electron chi connectivity index (χ2n) is 3.85. The summed E-state index contributed by atoms with van der Waals surface area (Å²) < 4.78 is 4.42. The molecule has 0 aliphatic carbocycles. The van der Waals surface area contributed by atoms with Crippen molar-refractivity contribution < 1.29 is 19.7 Å². The molecule has 0 saturated carbocycles. The monoisotopic (exact) mass is 258 g/mol. The van der Waals surface area contributed by atoms with Gasteiger partial charge in [0.05, 0.1) is 19.6 Å². The summed E-state index contributed by atoms with van der Waals surface area (Å²) in [7, 11) is 1.23. The first-order valence-corrected chi connectivity index (χ1v) is 5.52. The SMILES string of the molecule is COC(=O)CC(O)C(O)c1cc(C)cc(Cl)c1. The van der Waals surface area contributed by atoms with Gasteiger partial charge in [-0.2, -0.15) is 0 Å². The van der Waals surface area contributed by atoms with Crippen LogP contribution in [0.5, 0.6) is 0 Å². The maximum absolute atomic E-state index is 11.0. The highest BCUT2D eigenvalue weighted by Gasteiger charge is 2.22. The quantitative estimate of drug-likeness (QED) is 0.805. The minimum atomic E-state index is -1.21. The van der Waals surface area contributed by atoms with E-state index in [1.807, 2.05) is 6.92 Å². The fraction of sp³-hybridized carbons (Fsp3) is 0.417. The molecule has 5 heteroatoms. The van der Waals surface area contributed by atoms with Crippen LogP contribution in [0.25, 0.3) is 0 Å². The van der Waals surface area contributed by atoms with Gasteiger partial charge < -0.3 is 14.9 Å². The zero-order valence-electron chi connectivity index (χ0n) is 9.68. The molecule has 94 valence electrons. The van der Waals surface area contributed by atoms with E-state index in [1.54, 1.807) is 18.2 Å². The first-order valence-electron chi connectivity index (χ1n) is 5.14. The van der Waals surface area contributed by atoms with Gasteiger partial charge in [-0.05, 0) is 30.2 Å². The third-order valence-corrected chi connectivity index (χ3v) is 2.59. The van der Waals surface area contributed by atoms with Gasteiger partial charge in [-0.3, -0.25) is 4.79 Å². The molecule has 2 unspecified atom stereocenters. The van der Waals surface area contributed by atoms with Gasteiger partial charge in [-0.1, -0.05) is 17.7 Å². The van der Waals surface area contributed by atoms with Crippen molar-refractivity contribution in [1.82, 2.24) is 0 Å². The van der Waals surface area contributed by atoms with Crippen LogP contribution in [0.3, 0.4) is 0 Å². The molecule has 2 atom stereocenters. The van der Waals surface area contributed by atoms with Crippen LogP contribution in [-0.4, -0.2) is 29.4 Å². The normalized spacial score (nSPS) is 14.2. The van der Waals surface area contributed by atoms with E-state index in [2.05, 4.69) is 4.74 Å². The number of hydrogen-bond acceptors (Lipinski definition) is 4. The number of methoxy groups -OCH3 is 1. The Hall–Kier alpha value is -1.10. The minimum absolute atomic E-state index is 0.261. The topological polar surface area (TPSA) is 66.8 Å². The zero-order valence-corrected chi connectivity index (χ0v) is 10.4. The van der Waals surface area contributed by atoms with E-state index in [0.717, 1.165) is 5.56 Å². The summed E-state index contributed by atoms with van der Waals surface area (Å²) in [6.45, 7) is 1.83. The molecule has 0 fully saturated rings. The van der Waals surface area contributed by atoms with Crippen molar-refractivity contribution >= 4 is 17.6 Å². The number of hydrogen-bond donors (Lipinski definition) is 2. The summed E-state index contributed by atoms with van der Waals surface area (Å²) >= 11 is 5.85. The van der Waals surface area contributed by atoms with Crippen molar-refractivity contribution in [2.75, 3.05) is 7.11 Å². The van der Waals surface area contributed by atoms with Crippen LogP contribution in [0.2, 0.25) is 5.02 Å². The van der Waals surface area contributed by atoms with Crippen LogP contribution in [0.1, 0.15) is 23.7 Å². The molecule has 1 aromatic rings. The highest BCUT2D eigenvalue weighted by Crippen LogP contribution is 2.24. The molecule has 0 aromatic heterocycles. The summed E-state index contributed by atoms with van der Waals surface area (Å²) in [4.78, 5) is 11.0. The Morgan fingerprint density at radius 1 is 1.41 bits per heavy atom. The molecule has 0 heterocycles. The van der Waals surface area contributed by atoms with Gasteiger partial charge in [-0.15, -0.1) is 0 Å². The predicted molar refractivity (Wildman–Crippen MR) is 63.8 cm³/mol. The van der Waals surface area contributed by atoms with Crippen LogP contribution in [0, 0.1) is 6.92 Å². The van der Waals surface area contributed by atoms with Crippen molar-refractivity contribution in [2.45, 2.75) is 25.6 Å². The number of aryl methyl sites for hydroxylation is 1. The Morgan fingerprint density at radius 2 is 2.06 bits per heavy atom. The van der Waals surface area contributed by atoms with E-state index in [9.17, 15) is 15.0 Å². The molecule has 0 bridgehead atoms. The standard InChI is InChI=1S/C12H15ClO4/c1-7-3-8(5-9(13)4-7)12(16)10(14)6-11(15)17-2/h3-5,10,12,14,16H,6H2,1-2H3. The molecular weight excluding hydrogens is 244 g/mol. The van der Waals surface area contributed by atoms with Crippen molar-refractivity contribution in [2.24, 2.45) is 0 Å². The van der Waals surface area contributed by atoms with Crippen LogP contribution >= 0.6 is 11.6 Å². The molecule has 0 radical (unpaired) electrons. The number of esters is 1. The number of carbonyl (C=O) groups excluding carboxylic acids is 1. The molecule has 0 aliphatic rings. The third kappa shape index (κ3) is 4.00. The Morgan fingerprint density at radius 3 is 2.59 bits per heavy atom. The molecule has 2 N–H and O–H groups in total. The largest absolute Gasteiger partial charge is 0.469 e. The van der Waals surface area contributed by atoms with Crippen molar-refractivity contribution in [3.63, 3.8) is 0 Å². The van der Waals surface area contributed by atoms with Gasteiger partial charge in [0.1, 0.15) is 6.10 Å². The molecule has 4 nitrogen and oxygen atoms in total. The minimum Gasteiger partial charge on any atom is -0.469 e. The van der Waals surface area contributed by atoms with Gasteiger partial charge in [0.2, 0.25) is 0 Å². The number of aliphatic hydroxyl groups excluding tert-OH is 2. The Balaban J connectivity index is 2.80. The van der Waals surface area contributed by atoms with E-state index in [0.29, 0.717) is 10.6 Å². The highest BCUT2D eigenvalue weighted by atomic mass is 35.5. The number of halogens is 1. The number of ether oxygens (including phenoxy) is 1. The first-order chi connectivity index (χ1) is 7.93. The number of aliphatic hydroxyl groups is 2. The van der Waals surface area contributed by atoms with E-state index >= 15 is 0 Å². The van der Waals surface area contributed by atoms with E-state index in [4.69, 9.17) is 11.6 Å². The Labute approximate surface area is 105 Å².